The van der Waals surface area contributed by atoms with Crippen LogP contribution in [0.5, 0.6) is 5.75 Å². The molecule has 0 atom stereocenters. The fraction of sp³-hybridized carbons (Fsp3) is 0.440. The van der Waals surface area contributed by atoms with Crippen LogP contribution in [0.1, 0.15) is 35.1 Å². The van der Waals surface area contributed by atoms with Crippen LogP contribution in [0.25, 0.3) is 0 Å². The molecular weight excluding hydrogens is 466 g/mol. The number of nitrogens with zero attached hydrogens (tertiary/aromatic N) is 4. The minimum Gasteiger partial charge on any atom is -0.496 e. The van der Waals surface area contributed by atoms with E-state index in [2.05, 4.69) is 20.2 Å². The third kappa shape index (κ3) is 6.19. The summed E-state index contributed by atoms with van der Waals surface area (Å²) in [6.45, 7) is 8.11. The van der Waals surface area contributed by atoms with Gasteiger partial charge < -0.3 is 19.7 Å². The van der Waals surface area contributed by atoms with Crippen LogP contribution in [-0.4, -0.2) is 77.3 Å². The Morgan fingerprint density at radius 2 is 2.03 bits per heavy atom. The zero-order chi connectivity index (χ0) is 24.8. The second-order valence-electron chi connectivity index (χ2n) is 8.43. The molecule has 0 aliphatic carbocycles. The van der Waals surface area contributed by atoms with Gasteiger partial charge in [0, 0.05) is 42.0 Å². The van der Waals surface area contributed by atoms with Crippen molar-refractivity contribution in [3.63, 3.8) is 0 Å². The summed E-state index contributed by atoms with van der Waals surface area (Å²) >= 11 is 1.17. The van der Waals surface area contributed by atoms with E-state index in [1.165, 1.54) is 11.8 Å². The topological polar surface area (TPSA) is 96.9 Å². The number of anilines is 1. The number of morpholine rings is 1. The van der Waals surface area contributed by atoms with Crippen molar-refractivity contribution in [3.8, 4) is 5.75 Å². The van der Waals surface area contributed by atoms with Gasteiger partial charge in [0.2, 0.25) is 11.0 Å². The van der Waals surface area contributed by atoms with Gasteiger partial charge in [-0.25, -0.2) is 9.97 Å². The van der Waals surface area contributed by atoms with Gasteiger partial charge in [-0.3, -0.25) is 14.5 Å². The normalized spacial score (nSPS) is 17.2. The predicted molar refractivity (Wildman–Crippen MR) is 135 cm³/mol. The number of methoxy groups -OCH3 is 1. The number of amides is 1. The number of allylic oxidation sites excluding steroid dienone is 1. The first-order valence-corrected chi connectivity index (χ1v) is 12.5. The van der Waals surface area contributed by atoms with Crippen LogP contribution in [0.3, 0.4) is 0 Å². The molecule has 35 heavy (non-hydrogen) atoms. The molecule has 2 aromatic rings. The van der Waals surface area contributed by atoms with Gasteiger partial charge in [-0.15, -0.1) is 0 Å². The number of fused-ring (bicyclic) bond motifs is 1. The summed E-state index contributed by atoms with van der Waals surface area (Å²) in [5, 5.41) is 3.02. The Kier molecular flexibility index (Phi) is 8.37. The molecule has 186 valence electrons. The lowest BCUT2D eigenvalue weighted by Gasteiger charge is -2.28. The highest BCUT2D eigenvalue weighted by molar-refractivity contribution is 8.17. The minimum absolute atomic E-state index is 0.0765. The summed E-state index contributed by atoms with van der Waals surface area (Å²) in [6.07, 6.45) is 2.40. The molecule has 0 bridgehead atoms. The average molecular weight is 498 g/mol. The monoisotopic (exact) mass is 497 g/mol. The number of carbonyl (C=O) groups is 2. The van der Waals surface area contributed by atoms with Crippen LogP contribution in [0, 0.1) is 6.92 Å². The van der Waals surface area contributed by atoms with E-state index in [1.54, 1.807) is 30.3 Å². The Balaban J connectivity index is 1.63. The Labute approximate surface area is 209 Å². The van der Waals surface area contributed by atoms with E-state index >= 15 is 0 Å². The molecule has 1 amide bonds. The van der Waals surface area contributed by atoms with Crippen molar-refractivity contribution < 1.29 is 19.1 Å². The predicted octanol–water partition coefficient (Wildman–Crippen LogP) is 3.08. The highest BCUT2D eigenvalue weighted by atomic mass is 32.2. The van der Waals surface area contributed by atoms with E-state index in [9.17, 15) is 9.59 Å². The molecule has 1 fully saturated rings. The highest BCUT2D eigenvalue weighted by Gasteiger charge is 2.26. The molecule has 0 unspecified atom stereocenters. The van der Waals surface area contributed by atoms with E-state index in [0.29, 0.717) is 49.1 Å². The molecule has 2 aliphatic rings. The number of rotatable bonds is 7. The first-order chi connectivity index (χ1) is 17.0. The summed E-state index contributed by atoms with van der Waals surface area (Å²) in [7, 11) is 1.56. The van der Waals surface area contributed by atoms with Gasteiger partial charge >= 0.3 is 0 Å². The van der Waals surface area contributed by atoms with Crippen LogP contribution in [0.2, 0.25) is 0 Å². The molecule has 3 heterocycles. The maximum absolute atomic E-state index is 13.3. The lowest BCUT2D eigenvalue weighted by Crippen LogP contribution is -2.37. The van der Waals surface area contributed by atoms with Gasteiger partial charge in [-0.2, -0.15) is 0 Å². The van der Waals surface area contributed by atoms with Gasteiger partial charge in [0.15, 0.2) is 0 Å². The highest BCUT2D eigenvalue weighted by Crippen LogP contribution is 2.33. The lowest BCUT2D eigenvalue weighted by molar-refractivity contribution is -0.127. The largest absolute Gasteiger partial charge is 0.496 e. The van der Waals surface area contributed by atoms with Crippen molar-refractivity contribution in [2.45, 2.75) is 26.8 Å². The van der Waals surface area contributed by atoms with Crippen molar-refractivity contribution in [1.29, 1.82) is 0 Å². The second kappa shape index (κ2) is 11.7. The number of aryl methyl sites for hydroxylation is 1. The zero-order valence-electron chi connectivity index (χ0n) is 20.4. The van der Waals surface area contributed by atoms with E-state index in [1.807, 2.05) is 26.0 Å². The molecule has 1 aromatic heterocycles. The maximum Gasteiger partial charge on any atom is 0.246 e. The number of nitrogens with one attached hydrogen (secondary N) is 1. The smallest absolute Gasteiger partial charge is 0.246 e. The van der Waals surface area contributed by atoms with Crippen LogP contribution in [0.4, 0.5) is 5.82 Å². The van der Waals surface area contributed by atoms with Crippen LogP contribution in [0.15, 0.2) is 41.1 Å². The van der Waals surface area contributed by atoms with Crippen molar-refractivity contribution in [2.24, 2.45) is 0 Å². The van der Waals surface area contributed by atoms with Crippen molar-refractivity contribution in [1.82, 2.24) is 19.8 Å². The van der Waals surface area contributed by atoms with E-state index in [0.717, 1.165) is 35.8 Å². The SMILES string of the molecule is COc1ccccc1C(=O)S/C(CCN1CCOCC1)=C(/C)N1Cc2cnc(C)nc2NCC1=O. The number of hydrogen-bond donors (Lipinski definition) is 1. The summed E-state index contributed by atoms with van der Waals surface area (Å²) in [4.78, 5) is 40.1. The average Bonchev–Trinajstić information content (AvgIpc) is 3.05. The molecular formula is C25H31N5O4S. The van der Waals surface area contributed by atoms with Gasteiger partial charge in [0.05, 0.1) is 39.0 Å². The zero-order valence-corrected chi connectivity index (χ0v) is 21.2. The van der Waals surface area contributed by atoms with Crippen molar-refractivity contribution >= 4 is 28.6 Å². The number of hydrogen-bond acceptors (Lipinski definition) is 9. The molecule has 0 saturated carbocycles. The molecule has 2 aliphatic heterocycles. The third-order valence-electron chi connectivity index (χ3n) is 6.13. The van der Waals surface area contributed by atoms with Crippen LogP contribution >= 0.6 is 11.8 Å². The first-order valence-electron chi connectivity index (χ1n) is 11.7. The number of aromatic nitrogens is 2. The number of benzene rings is 1. The number of thioether (sulfide) groups is 1. The molecule has 1 N–H and O–H groups in total. The van der Waals surface area contributed by atoms with Gasteiger partial charge in [-0.1, -0.05) is 12.1 Å². The standard InChI is InChI=1S/C25H31N5O4S/c1-17(30-16-19-14-26-18(2)28-24(19)27-15-23(30)31)22(8-9-29-10-12-34-13-11-29)35-25(32)20-6-4-5-7-21(20)33-3/h4-7,14H,8-13,15-16H2,1-3H3,(H,26,27,28)/b22-17-. The Bertz CT molecular complexity index is 1120. The van der Waals surface area contributed by atoms with E-state index in [4.69, 9.17) is 9.47 Å². The van der Waals surface area contributed by atoms with Crippen LogP contribution < -0.4 is 10.1 Å². The molecule has 4 rings (SSSR count). The number of para-hydroxylation sites is 1. The third-order valence-corrected chi connectivity index (χ3v) is 7.28. The lowest BCUT2D eigenvalue weighted by atomic mass is 10.2. The fourth-order valence-corrected chi connectivity index (χ4v) is 5.06. The second-order valence-corrected chi connectivity index (χ2v) is 9.49. The Hall–Kier alpha value is -2.95. The molecule has 1 saturated heterocycles. The Morgan fingerprint density at radius 1 is 1.26 bits per heavy atom. The molecule has 10 heteroatoms. The maximum atomic E-state index is 13.3. The van der Waals surface area contributed by atoms with E-state index in [-0.39, 0.29) is 17.6 Å². The quantitative estimate of drug-likeness (QED) is 0.619. The van der Waals surface area contributed by atoms with Crippen LogP contribution in [-0.2, 0) is 16.1 Å². The number of ether oxygens (including phenoxy) is 2. The van der Waals surface area contributed by atoms with E-state index < -0.39 is 0 Å². The first kappa shape index (κ1) is 25.2. The Morgan fingerprint density at radius 3 is 2.80 bits per heavy atom. The molecule has 0 radical (unpaired) electrons. The van der Waals surface area contributed by atoms with Gasteiger partial charge in [-0.05, 0) is 44.2 Å². The summed E-state index contributed by atoms with van der Waals surface area (Å²) < 4.78 is 10.9. The summed E-state index contributed by atoms with van der Waals surface area (Å²) in [5.74, 6) is 1.78. The fourth-order valence-electron chi connectivity index (χ4n) is 4.10. The van der Waals surface area contributed by atoms with Crippen molar-refractivity contribution in [2.75, 3.05) is 51.8 Å². The summed E-state index contributed by atoms with van der Waals surface area (Å²) in [5.41, 5.74) is 2.12. The number of carbonyl (C=O) groups excluding carboxylic acids is 2. The van der Waals surface area contributed by atoms with Gasteiger partial charge in [0.1, 0.15) is 17.4 Å². The van der Waals surface area contributed by atoms with Crippen molar-refractivity contribution in [3.05, 3.63) is 58.0 Å². The minimum atomic E-state index is -0.112. The molecule has 1 aromatic carbocycles. The molecule has 9 nitrogen and oxygen atoms in total. The summed E-state index contributed by atoms with van der Waals surface area (Å²) in [6, 6.07) is 7.20. The molecule has 0 spiro atoms. The van der Waals surface area contributed by atoms with Gasteiger partial charge in [0.25, 0.3) is 0 Å².